The van der Waals surface area contributed by atoms with E-state index in [1.807, 2.05) is 0 Å². The molecule has 0 radical (unpaired) electrons. The summed E-state index contributed by atoms with van der Waals surface area (Å²) in [6.07, 6.45) is 1.41. The second-order valence-corrected chi connectivity index (χ2v) is 5.05. The third-order valence-electron chi connectivity index (χ3n) is 3.15. The van der Waals surface area contributed by atoms with Crippen molar-refractivity contribution in [1.29, 1.82) is 0 Å². The van der Waals surface area contributed by atoms with Gasteiger partial charge in [0.2, 0.25) is 0 Å². The van der Waals surface area contributed by atoms with Gasteiger partial charge in [0.1, 0.15) is 11.8 Å². The summed E-state index contributed by atoms with van der Waals surface area (Å²) in [5, 5.41) is 18.8. The fraction of sp³-hybridized carbons (Fsp3) is 0.364. The van der Waals surface area contributed by atoms with Gasteiger partial charge in [-0.15, -0.1) is 0 Å². The van der Waals surface area contributed by atoms with E-state index in [0.717, 1.165) is 4.47 Å². The minimum absolute atomic E-state index is 0.101. The van der Waals surface area contributed by atoms with Crippen LogP contribution in [0.1, 0.15) is 18.4 Å². The van der Waals surface area contributed by atoms with E-state index in [1.54, 1.807) is 18.2 Å². The number of phenols is 1. The van der Waals surface area contributed by atoms with E-state index in [9.17, 15) is 9.90 Å². The molecule has 0 aromatic heterocycles. The van der Waals surface area contributed by atoms with Crippen LogP contribution >= 0.6 is 15.9 Å². The topological polar surface area (TPSA) is 83.6 Å². The second kappa shape index (κ2) is 3.75. The molecule has 0 heterocycles. The van der Waals surface area contributed by atoms with Gasteiger partial charge in [-0.25, -0.2) is 0 Å². The summed E-state index contributed by atoms with van der Waals surface area (Å²) in [7, 11) is 0. The van der Waals surface area contributed by atoms with Crippen LogP contribution in [0.2, 0.25) is 0 Å². The first kappa shape index (κ1) is 11.4. The summed E-state index contributed by atoms with van der Waals surface area (Å²) in [6, 6.07) is 4.11. The highest BCUT2D eigenvalue weighted by Crippen LogP contribution is 2.53. The third-order valence-corrected chi connectivity index (χ3v) is 3.64. The summed E-state index contributed by atoms with van der Waals surface area (Å²) < 4.78 is 0.758. The summed E-state index contributed by atoms with van der Waals surface area (Å²) in [6.45, 7) is 0. The van der Waals surface area contributed by atoms with Crippen molar-refractivity contribution in [3.8, 4) is 5.75 Å². The lowest BCUT2D eigenvalue weighted by molar-refractivity contribution is -0.139. The van der Waals surface area contributed by atoms with Gasteiger partial charge in [-0.05, 0) is 25.0 Å². The van der Waals surface area contributed by atoms with Crippen LogP contribution in [-0.2, 0) is 10.2 Å². The van der Waals surface area contributed by atoms with Crippen LogP contribution in [0.5, 0.6) is 5.75 Å². The van der Waals surface area contributed by atoms with Crippen molar-refractivity contribution in [2.24, 2.45) is 5.73 Å². The van der Waals surface area contributed by atoms with Gasteiger partial charge in [0.05, 0.1) is 0 Å². The molecule has 4 nitrogen and oxygen atoms in total. The molecule has 1 fully saturated rings. The van der Waals surface area contributed by atoms with Gasteiger partial charge in [0, 0.05) is 15.5 Å². The highest BCUT2D eigenvalue weighted by molar-refractivity contribution is 9.10. The molecule has 0 saturated heterocycles. The molecule has 1 aromatic rings. The predicted octanol–water partition coefficient (Wildman–Crippen LogP) is 1.60. The lowest BCUT2D eigenvalue weighted by atomic mass is 9.88. The molecule has 1 saturated carbocycles. The maximum atomic E-state index is 10.9. The molecule has 1 unspecified atom stereocenters. The van der Waals surface area contributed by atoms with Gasteiger partial charge in [-0.1, -0.05) is 22.0 Å². The molecule has 1 atom stereocenters. The van der Waals surface area contributed by atoms with Crippen LogP contribution in [0.4, 0.5) is 0 Å². The first-order valence-electron chi connectivity index (χ1n) is 4.95. The average Bonchev–Trinajstić information content (AvgIpc) is 2.97. The van der Waals surface area contributed by atoms with Crippen LogP contribution in [0.15, 0.2) is 22.7 Å². The first-order chi connectivity index (χ1) is 7.47. The van der Waals surface area contributed by atoms with E-state index in [2.05, 4.69) is 15.9 Å². The number of phenolic OH excluding ortho intramolecular Hbond substituents is 1. The zero-order valence-electron chi connectivity index (χ0n) is 8.48. The monoisotopic (exact) mass is 285 g/mol. The SMILES string of the molecule is NC(C(=O)O)C1(c2ccc(Br)cc2O)CC1. The fourth-order valence-corrected chi connectivity index (χ4v) is 2.39. The van der Waals surface area contributed by atoms with Crippen molar-refractivity contribution < 1.29 is 15.0 Å². The molecular weight excluding hydrogens is 274 g/mol. The summed E-state index contributed by atoms with van der Waals surface area (Å²) >= 11 is 3.24. The van der Waals surface area contributed by atoms with Crippen molar-refractivity contribution in [2.75, 3.05) is 0 Å². The van der Waals surface area contributed by atoms with Crippen molar-refractivity contribution in [3.05, 3.63) is 28.2 Å². The normalized spacial score (nSPS) is 19.1. The zero-order valence-corrected chi connectivity index (χ0v) is 10.1. The van der Waals surface area contributed by atoms with E-state index >= 15 is 0 Å². The molecule has 0 aliphatic heterocycles. The molecular formula is C11H12BrNO3. The Bertz CT molecular complexity index is 443. The molecule has 1 aliphatic rings. The number of carboxylic acids is 1. The van der Waals surface area contributed by atoms with Gasteiger partial charge in [-0.2, -0.15) is 0 Å². The highest BCUT2D eigenvalue weighted by Gasteiger charge is 2.53. The van der Waals surface area contributed by atoms with Crippen LogP contribution in [-0.4, -0.2) is 22.2 Å². The minimum atomic E-state index is -1.03. The molecule has 5 heteroatoms. The number of hydrogen-bond acceptors (Lipinski definition) is 3. The number of carbonyl (C=O) groups is 1. The number of hydrogen-bond donors (Lipinski definition) is 3. The third kappa shape index (κ3) is 1.70. The smallest absolute Gasteiger partial charge is 0.321 e. The highest BCUT2D eigenvalue weighted by atomic mass is 79.9. The Morgan fingerprint density at radius 3 is 2.56 bits per heavy atom. The number of aromatic hydroxyl groups is 1. The van der Waals surface area contributed by atoms with E-state index in [4.69, 9.17) is 10.8 Å². The maximum absolute atomic E-state index is 10.9. The van der Waals surface area contributed by atoms with Crippen LogP contribution in [0.3, 0.4) is 0 Å². The van der Waals surface area contributed by atoms with E-state index in [1.165, 1.54) is 0 Å². The van der Waals surface area contributed by atoms with Crippen LogP contribution in [0, 0.1) is 0 Å². The molecule has 16 heavy (non-hydrogen) atoms. The number of halogens is 1. The predicted molar refractivity (Wildman–Crippen MR) is 62.3 cm³/mol. The van der Waals surface area contributed by atoms with Gasteiger partial charge in [0.25, 0.3) is 0 Å². The molecule has 0 spiro atoms. The number of aliphatic carboxylic acids is 1. The maximum Gasteiger partial charge on any atom is 0.321 e. The van der Waals surface area contributed by atoms with Gasteiger partial charge in [0.15, 0.2) is 0 Å². The lowest BCUT2D eigenvalue weighted by Gasteiger charge is -2.21. The molecule has 4 N–H and O–H groups in total. The Labute approximate surface area is 101 Å². The minimum Gasteiger partial charge on any atom is -0.508 e. The van der Waals surface area contributed by atoms with Gasteiger partial charge < -0.3 is 15.9 Å². The van der Waals surface area contributed by atoms with Crippen LogP contribution in [0.25, 0.3) is 0 Å². The summed E-state index contributed by atoms with van der Waals surface area (Å²) in [5.74, 6) is -0.927. The Kier molecular flexibility index (Phi) is 2.67. The largest absolute Gasteiger partial charge is 0.508 e. The molecule has 0 amide bonds. The molecule has 0 bridgehead atoms. The lowest BCUT2D eigenvalue weighted by Crippen LogP contribution is -2.41. The van der Waals surface area contributed by atoms with Crippen molar-refractivity contribution in [1.82, 2.24) is 0 Å². The standard InChI is InChI=1S/C11H12BrNO3/c12-6-1-2-7(8(14)5-6)11(3-4-11)9(13)10(15)16/h1-2,5,9,14H,3-4,13H2,(H,15,16). The summed E-state index contributed by atoms with van der Waals surface area (Å²) in [5.41, 5.74) is 5.72. The average molecular weight is 286 g/mol. The number of benzene rings is 1. The number of nitrogens with two attached hydrogens (primary N) is 1. The molecule has 2 rings (SSSR count). The molecule has 86 valence electrons. The Morgan fingerprint density at radius 2 is 2.12 bits per heavy atom. The Morgan fingerprint density at radius 1 is 1.50 bits per heavy atom. The Balaban J connectivity index is 2.40. The van der Waals surface area contributed by atoms with Crippen molar-refractivity contribution in [3.63, 3.8) is 0 Å². The molecule has 1 aliphatic carbocycles. The summed E-state index contributed by atoms with van der Waals surface area (Å²) in [4.78, 5) is 10.9. The quantitative estimate of drug-likeness (QED) is 0.788. The van der Waals surface area contributed by atoms with Crippen LogP contribution < -0.4 is 5.73 Å². The number of carboxylic acid groups (broad SMARTS) is 1. The first-order valence-corrected chi connectivity index (χ1v) is 5.74. The number of rotatable bonds is 3. The van der Waals surface area contributed by atoms with Gasteiger partial charge in [-0.3, -0.25) is 4.79 Å². The van der Waals surface area contributed by atoms with Crippen molar-refractivity contribution in [2.45, 2.75) is 24.3 Å². The van der Waals surface area contributed by atoms with Gasteiger partial charge >= 0.3 is 5.97 Å². The fourth-order valence-electron chi connectivity index (χ4n) is 2.04. The second-order valence-electron chi connectivity index (χ2n) is 4.13. The van der Waals surface area contributed by atoms with E-state index in [-0.39, 0.29) is 5.75 Å². The molecule has 1 aromatic carbocycles. The Hall–Kier alpha value is -1.07. The van der Waals surface area contributed by atoms with E-state index < -0.39 is 17.4 Å². The zero-order chi connectivity index (χ0) is 11.9. The van der Waals surface area contributed by atoms with Crippen molar-refractivity contribution >= 4 is 21.9 Å². The van der Waals surface area contributed by atoms with E-state index in [0.29, 0.717) is 18.4 Å².